The topological polar surface area (TPSA) is 148 Å². The number of hydrogen-bond acceptors (Lipinski definition) is 9. The van der Waals surface area contributed by atoms with Crippen LogP contribution in [0.4, 0.5) is 5.82 Å². The molecule has 2 aromatic heterocycles. The van der Waals surface area contributed by atoms with Gasteiger partial charge in [0.05, 0.1) is 11.8 Å². The smallest absolute Gasteiger partial charge is 0.306 e. The summed E-state index contributed by atoms with van der Waals surface area (Å²) in [5, 5.41) is 28.1. The Bertz CT molecular complexity index is 1180. The molecule has 3 heterocycles. The number of aliphatic hydroxyl groups excluding tert-OH is 1. The molecule has 1 saturated carbocycles. The van der Waals surface area contributed by atoms with Gasteiger partial charge in [0.25, 0.3) is 5.91 Å². The van der Waals surface area contributed by atoms with Crippen molar-refractivity contribution in [1.82, 2.24) is 14.6 Å². The lowest BCUT2D eigenvalue weighted by molar-refractivity contribution is -0.150. The summed E-state index contributed by atoms with van der Waals surface area (Å²) in [7, 11) is 0. The number of aromatic nitrogens is 3. The number of esters is 1. The molecule has 2 N–H and O–H groups in total. The lowest BCUT2D eigenvalue weighted by Gasteiger charge is -2.25. The fourth-order valence-corrected chi connectivity index (χ4v) is 5.10. The van der Waals surface area contributed by atoms with Crippen molar-refractivity contribution in [3.63, 3.8) is 0 Å². The maximum Gasteiger partial charge on any atom is 0.306 e. The fourth-order valence-electron chi connectivity index (χ4n) is 5.10. The lowest BCUT2D eigenvalue weighted by atomic mass is 9.94. The monoisotopic (exact) mass is 527 g/mol. The second-order valence-electron chi connectivity index (χ2n) is 10.7. The summed E-state index contributed by atoms with van der Waals surface area (Å²) in [6.07, 6.45) is 6.10. The van der Waals surface area contributed by atoms with Gasteiger partial charge in [-0.25, -0.2) is 9.50 Å². The van der Waals surface area contributed by atoms with Crippen molar-refractivity contribution in [2.45, 2.75) is 95.5 Å². The quantitative estimate of drug-likeness (QED) is 0.332. The van der Waals surface area contributed by atoms with Crippen LogP contribution in [0.2, 0.25) is 0 Å². The Labute approximate surface area is 222 Å². The molecule has 0 spiro atoms. The van der Waals surface area contributed by atoms with Crippen molar-refractivity contribution in [3.8, 4) is 6.07 Å². The molecule has 1 aliphatic heterocycles. The van der Waals surface area contributed by atoms with Gasteiger partial charge < -0.3 is 24.6 Å². The van der Waals surface area contributed by atoms with Crippen LogP contribution in [0.3, 0.4) is 0 Å². The average Bonchev–Trinajstić information content (AvgIpc) is 3.62. The molecule has 0 unspecified atom stereocenters. The van der Waals surface area contributed by atoms with E-state index in [0.29, 0.717) is 30.2 Å². The molecule has 0 bridgehead atoms. The standard InChI is InChI=1S/C27H37N5O6/c1-4-5-12-37-26(2,3)25(35)31-24-20-10-11-21(32(20)30-17-29-24)27(16-28)22(33)14-19(38-27)15-36-23(34)13-18-8-6-7-9-18/h10-11,17-19,22,33H,4-9,12-15H2,1-3H3,(H,29,30,31,35)/t19-,22-,27+/m1/s1. The number of unbranched alkanes of at least 4 members (excludes halogenated alkanes) is 1. The van der Waals surface area contributed by atoms with E-state index in [1.165, 1.54) is 10.8 Å². The largest absolute Gasteiger partial charge is 0.463 e. The van der Waals surface area contributed by atoms with E-state index < -0.39 is 23.4 Å². The molecule has 206 valence electrons. The number of aliphatic hydroxyl groups is 1. The minimum absolute atomic E-state index is 0.0429. The van der Waals surface area contributed by atoms with Crippen molar-refractivity contribution < 1.29 is 28.9 Å². The van der Waals surface area contributed by atoms with Gasteiger partial charge in [-0.15, -0.1) is 0 Å². The van der Waals surface area contributed by atoms with Gasteiger partial charge >= 0.3 is 5.97 Å². The van der Waals surface area contributed by atoms with E-state index in [2.05, 4.69) is 21.5 Å². The highest BCUT2D eigenvalue weighted by Gasteiger charge is 2.52. The van der Waals surface area contributed by atoms with Crippen LogP contribution in [0.25, 0.3) is 5.52 Å². The van der Waals surface area contributed by atoms with E-state index in [-0.39, 0.29) is 30.7 Å². The average molecular weight is 528 g/mol. The van der Waals surface area contributed by atoms with Crippen molar-refractivity contribution in [2.75, 3.05) is 18.5 Å². The van der Waals surface area contributed by atoms with Crippen molar-refractivity contribution in [2.24, 2.45) is 5.92 Å². The number of ether oxygens (including phenoxy) is 3. The minimum atomic E-state index is -1.73. The molecule has 1 saturated heterocycles. The first-order valence-corrected chi connectivity index (χ1v) is 13.4. The predicted molar refractivity (Wildman–Crippen MR) is 137 cm³/mol. The van der Waals surface area contributed by atoms with Crippen molar-refractivity contribution in [3.05, 3.63) is 24.2 Å². The molecule has 2 aromatic rings. The molecular formula is C27H37N5O6. The van der Waals surface area contributed by atoms with Crippen LogP contribution in [0.15, 0.2) is 18.5 Å². The molecule has 2 fully saturated rings. The summed E-state index contributed by atoms with van der Waals surface area (Å²) in [6.45, 7) is 5.84. The van der Waals surface area contributed by atoms with Crippen LogP contribution >= 0.6 is 0 Å². The third-order valence-corrected chi connectivity index (χ3v) is 7.41. The second-order valence-corrected chi connectivity index (χ2v) is 10.7. The number of carbonyl (C=O) groups is 2. The van der Waals surface area contributed by atoms with Crippen LogP contribution in [0, 0.1) is 17.2 Å². The number of rotatable bonds is 11. The van der Waals surface area contributed by atoms with Gasteiger partial charge in [0, 0.05) is 19.4 Å². The van der Waals surface area contributed by atoms with E-state index in [1.54, 1.807) is 26.0 Å². The molecule has 38 heavy (non-hydrogen) atoms. The maximum atomic E-state index is 12.9. The highest BCUT2D eigenvalue weighted by Crippen LogP contribution is 2.40. The Morgan fingerprint density at radius 3 is 2.82 bits per heavy atom. The fraction of sp³-hybridized carbons (Fsp3) is 0.667. The van der Waals surface area contributed by atoms with Gasteiger partial charge in [-0.3, -0.25) is 9.59 Å². The zero-order valence-corrected chi connectivity index (χ0v) is 22.3. The van der Waals surface area contributed by atoms with Crippen LogP contribution in [0.1, 0.15) is 77.8 Å². The molecule has 11 heteroatoms. The number of carbonyl (C=O) groups excluding carboxylic acids is 2. The Hall–Kier alpha value is -3.07. The normalized spacial score (nSPS) is 24.0. The van der Waals surface area contributed by atoms with E-state index in [4.69, 9.17) is 14.2 Å². The Morgan fingerprint density at radius 2 is 2.11 bits per heavy atom. The summed E-state index contributed by atoms with van der Waals surface area (Å²) in [4.78, 5) is 29.4. The summed E-state index contributed by atoms with van der Waals surface area (Å²) in [6, 6.07) is 5.38. The Balaban J connectivity index is 1.48. The first-order valence-electron chi connectivity index (χ1n) is 13.4. The third-order valence-electron chi connectivity index (χ3n) is 7.41. The summed E-state index contributed by atoms with van der Waals surface area (Å²) >= 11 is 0. The lowest BCUT2D eigenvalue weighted by Crippen LogP contribution is -2.40. The zero-order chi connectivity index (χ0) is 27.3. The number of anilines is 1. The second kappa shape index (κ2) is 11.8. The Morgan fingerprint density at radius 1 is 1.34 bits per heavy atom. The van der Waals surface area contributed by atoms with Crippen LogP contribution in [0.5, 0.6) is 0 Å². The first kappa shape index (κ1) is 28.0. The zero-order valence-electron chi connectivity index (χ0n) is 22.3. The predicted octanol–water partition coefficient (Wildman–Crippen LogP) is 3.26. The third kappa shape index (κ3) is 5.82. The van der Waals surface area contributed by atoms with Crippen molar-refractivity contribution >= 4 is 23.2 Å². The van der Waals surface area contributed by atoms with Crippen LogP contribution in [-0.4, -0.2) is 62.6 Å². The van der Waals surface area contributed by atoms with Crippen LogP contribution in [-0.2, 0) is 29.4 Å². The maximum absolute atomic E-state index is 12.9. The van der Waals surface area contributed by atoms with E-state index in [9.17, 15) is 20.0 Å². The summed E-state index contributed by atoms with van der Waals surface area (Å²) in [5.74, 6) is -0.0528. The van der Waals surface area contributed by atoms with Gasteiger partial charge in [-0.2, -0.15) is 10.4 Å². The SMILES string of the molecule is CCCCOC(C)(C)C(=O)Nc1ncnn2c([C@]3(C#N)O[C@@H](COC(=O)CC4CCCC4)C[C@H]3O)ccc12. The summed E-state index contributed by atoms with van der Waals surface area (Å²) < 4.78 is 18.6. The molecule has 0 aromatic carbocycles. The summed E-state index contributed by atoms with van der Waals surface area (Å²) in [5.41, 5.74) is -2.09. The van der Waals surface area contributed by atoms with E-state index in [0.717, 1.165) is 38.5 Å². The highest BCUT2D eigenvalue weighted by atomic mass is 16.6. The molecular weight excluding hydrogens is 490 g/mol. The van der Waals surface area contributed by atoms with E-state index >= 15 is 0 Å². The molecule has 0 radical (unpaired) electrons. The minimum Gasteiger partial charge on any atom is -0.463 e. The molecule has 3 atom stereocenters. The molecule has 2 aliphatic rings. The van der Waals surface area contributed by atoms with Gasteiger partial charge in [-0.1, -0.05) is 26.2 Å². The highest BCUT2D eigenvalue weighted by molar-refractivity contribution is 5.98. The number of nitriles is 1. The molecule has 1 amide bonds. The van der Waals surface area contributed by atoms with E-state index in [1.807, 2.05) is 6.92 Å². The number of fused-ring (bicyclic) bond motifs is 1. The van der Waals surface area contributed by atoms with Gasteiger partial charge in [0.15, 0.2) is 5.82 Å². The van der Waals surface area contributed by atoms with Gasteiger partial charge in [-0.05, 0) is 51.2 Å². The number of hydrogen-bond donors (Lipinski definition) is 2. The van der Waals surface area contributed by atoms with Crippen LogP contribution < -0.4 is 5.32 Å². The first-order chi connectivity index (χ1) is 18.2. The molecule has 11 nitrogen and oxygen atoms in total. The Kier molecular flexibility index (Phi) is 8.65. The van der Waals surface area contributed by atoms with Gasteiger partial charge in [0.2, 0.25) is 5.60 Å². The number of nitrogens with one attached hydrogen (secondary N) is 1. The number of nitrogens with zero attached hydrogens (tertiary/aromatic N) is 4. The molecule has 1 aliphatic carbocycles. The number of amides is 1. The molecule has 4 rings (SSSR count). The van der Waals surface area contributed by atoms with Crippen molar-refractivity contribution in [1.29, 1.82) is 5.26 Å². The van der Waals surface area contributed by atoms with Gasteiger partial charge in [0.1, 0.15) is 36.2 Å².